The number of ether oxygens (including phenoxy) is 1. The van der Waals surface area contributed by atoms with Gasteiger partial charge in [0.25, 0.3) is 0 Å². The summed E-state index contributed by atoms with van der Waals surface area (Å²) in [6.07, 6.45) is 0.851. The van der Waals surface area contributed by atoms with Gasteiger partial charge in [-0.05, 0) is 50.2 Å². The molecule has 0 saturated carbocycles. The molecule has 0 unspecified atom stereocenters. The zero-order valence-corrected chi connectivity index (χ0v) is 14.1. The van der Waals surface area contributed by atoms with Crippen LogP contribution in [0.3, 0.4) is 0 Å². The Labute approximate surface area is 140 Å². The Kier molecular flexibility index (Phi) is 4.79. The summed E-state index contributed by atoms with van der Waals surface area (Å²) in [6.45, 7) is 1.72. The molecule has 2 aliphatic heterocycles. The molecule has 2 atom stereocenters. The van der Waals surface area contributed by atoms with Crippen molar-refractivity contribution in [2.75, 3.05) is 29.9 Å². The topological polar surface area (TPSA) is 75.7 Å². The fourth-order valence-corrected chi connectivity index (χ4v) is 5.14. The van der Waals surface area contributed by atoms with Crippen molar-refractivity contribution in [3.8, 4) is 0 Å². The first-order valence-corrected chi connectivity index (χ1v) is 9.80. The molecule has 2 heterocycles. The molecule has 8 heteroatoms. The number of sulfone groups is 1. The Morgan fingerprint density at radius 1 is 1.17 bits per heavy atom. The van der Waals surface area contributed by atoms with Gasteiger partial charge in [-0.25, -0.2) is 13.2 Å². The van der Waals surface area contributed by atoms with Gasteiger partial charge in [-0.3, -0.25) is 10.2 Å². The Morgan fingerprint density at radius 3 is 2.48 bits per heavy atom. The number of rotatable bonds is 3. The van der Waals surface area contributed by atoms with E-state index < -0.39 is 22.0 Å². The van der Waals surface area contributed by atoms with Crippen molar-refractivity contribution in [3.05, 3.63) is 29.3 Å². The monoisotopic (exact) mass is 358 g/mol. The molecule has 0 bridgehead atoms. The van der Waals surface area contributed by atoms with Gasteiger partial charge in [0.1, 0.15) is 6.10 Å². The van der Waals surface area contributed by atoms with E-state index in [-0.39, 0.29) is 17.5 Å². The molecule has 1 aromatic rings. The van der Waals surface area contributed by atoms with Gasteiger partial charge in [0, 0.05) is 10.7 Å². The normalized spacial score (nSPS) is 27.0. The Morgan fingerprint density at radius 2 is 1.83 bits per heavy atom. The summed E-state index contributed by atoms with van der Waals surface area (Å²) in [5.74, 6) is -0.0475. The van der Waals surface area contributed by atoms with Crippen molar-refractivity contribution in [1.82, 2.24) is 4.90 Å². The third-order valence-electron chi connectivity index (χ3n) is 4.23. The molecule has 1 N–H and O–H groups in total. The average molecular weight is 359 g/mol. The number of hydrogen-bond acceptors (Lipinski definition) is 5. The molecule has 0 spiro atoms. The van der Waals surface area contributed by atoms with Gasteiger partial charge in [0.15, 0.2) is 9.84 Å². The van der Waals surface area contributed by atoms with E-state index >= 15 is 0 Å². The lowest BCUT2D eigenvalue weighted by Crippen LogP contribution is -2.43. The molecule has 3 rings (SSSR count). The molecule has 23 heavy (non-hydrogen) atoms. The van der Waals surface area contributed by atoms with Crippen LogP contribution in [-0.2, 0) is 14.6 Å². The lowest BCUT2D eigenvalue weighted by molar-refractivity contribution is 0.0706. The van der Waals surface area contributed by atoms with E-state index in [1.807, 2.05) is 0 Å². The Balaban J connectivity index is 1.64. The van der Waals surface area contributed by atoms with Crippen LogP contribution in [-0.4, -0.2) is 56.2 Å². The fourth-order valence-electron chi connectivity index (χ4n) is 3.14. The van der Waals surface area contributed by atoms with Crippen LogP contribution >= 0.6 is 11.6 Å². The molecule has 2 aliphatic rings. The van der Waals surface area contributed by atoms with Crippen molar-refractivity contribution in [1.29, 1.82) is 0 Å². The van der Waals surface area contributed by atoms with Gasteiger partial charge < -0.3 is 4.74 Å². The smallest absolute Gasteiger partial charge is 0.411 e. The molecule has 126 valence electrons. The van der Waals surface area contributed by atoms with E-state index in [4.69, 9.17) is 16.3 Å². The summed E-state index contributed by atoms with van der Waals surface area (Å²) < 4.78 is 29.3. The highest BCUT2D eigenvalue weighted by Crippen LogP contribution is 2.25. The molecule has 6 nitrogen and oxygen atoms in total. The second kappa shape index (κ2) is 6.67. The lowest BCUT2D eigenvalue weighted by atomic mass is 10.2. The summed E-state index contributed by atoms with van der Waals surface area (Å²) >= 11 is 5.79. The zero-order valence-electron chi connectivity index (χ0n) is 12.6. The van der Waals surface area contributed by atoms with E-state index in [9.17, 15) is 13.2 Å². The number of hydrogen-bond donors (Lipinski definition) is 1. The number of anilines is 1. The van der Waals surface area contributed by atoms with E-state index in [1.54, 1.807) is 24.3 Å². The van der Waals surface area contributed by atoms with E-state index in [2.05, 4.69) is 10.2 Å². The van der Waals surface area contributed by atoms with Crippen molar-refractivity contribution >= 4 is 33.2 Å². The first-order valence-electron chi connectivity index (χ1n) is 7.61. The standard InChI is InChI=1S/C15H19ClN2O4S/c16-11-3-5-12(6-4-11)17-15(19)22-14-10-23(20,21)9-13(14)18-7-1-2-8-18/h3-6,13-14H,1-2,7-10H2,(H,17,19)/t13-,14-/m1/s1. The van der Waals surface area contributed by atoms with Gasteiger partial charge in [-0.15, -0.1) is 0 Å². The van der Waals surface area contributed by atoms with Crippen molar-refractivity contribution in [2.24, 2.45) is 0 Å². The van der Waals surface area contributed by atoms with Crippen LogP contribution < -0.4 is 5.32 Å². The lowest BCUT2D eigenvalue weighted by Gasteiger charge is -2.27. The molecule has 2 fully saturated rings. The Bertz CT molecular complexity index is 671. The number of halogens is 1. The number of carbonyl (C=O) groups is 1. The highest BCUT2D eigenvalue weighted by Gasteiger charge is 2.43. The minimum Gasteiger partial charge on any atom is -0.443 e. The maximum absolute atomic E-state index is 12.0. The van der Waals surface area contributed by atoms with Gasteiger partial charge in [0.05, 0.1) is 17.5 Å². The molecule has 0 aliphatic carbocycles. The number of nitrogens with zero attached hydrogens (tertiary/aromatic N) is 1. The number of nitrogens with one attached hydrogen (secondary N) is 1. The van der Waals surface area contributed by atoms with Crippen molar-refractivity contribution in [3.63, 3.8) is 0 Å². The minimum absolute atomic E-state index is 0.0614. The SMILES string of the molecule is O=C(Nc1ccc(Cl)cc1)O[C@@H]1CS(=O)(=O)C[C@H]1N1CCCC1. The van der Waals surface area contributed by atoms with Crippen molar-refractivity contribution in [2.45, 2.75) is 25.0 Å². The van der Waals surface area contributed by atoms with Gasteiger partial charge in [0.2, 0.25) is 0 Å². The van der Waals surface area contributed by atoms with Gasteiger partial charge in [-0.1, -0.05) is 11.6 Å². The summed E-state index contributed by atoms with van der Waals surface area (Å²) in [6, 6.07) is 6.40. The van der Waals surface area contributed by atoms with Crippen LogP contribution in [0.2, 0.25) is 5.02 Å². The summed E-state index contributed by atoms with van der Waals surface area (Å²) in [5, 5.41) is 3.17. The van der Waals surface area contributed by atoms with Crippen LogP contribution in [0.1, 0.15) is 12.8 Å². The first-order chi connectivity index (χ1) is 10.9. The van der Waals surface area contributed by atoms with Crippen LogP contribution in [0.4, 0.5) is 10.5 Å². The molecular weight excluding hydrogens is 340 g/mol. The zero-order chi connectivity index (χ0) is 16.4. The van der Waals surface area contributed by atoms with Crippen LogP contribution in [0.25, 0.3) is 0 Å². The number of amides is 1. The average Bonchev–Trinajstić information content (AvgIpc) is 3.09. The molecular formula is C15H19ClN2O4S. The molecule has 1 aromatic carbocycles. The second-order valence-corrected chi connectivity index (χ2v) is 8.55. The third kappa shape index (κ3) is 4.16. The van der Waals surface area contributed by atoms with E-state index in [1.165, 1.54) is 0 Å². The number of carbonyl (C=O) groups excluding carboxylic acids is 1. The predicted molar refractivity (Wildman–Crippen MR) is 88.6 cm³/mol. The summed E-state index contributed by atoms with van der Waals surface area (Å²) in [5.41, 5.74) is 0.554. The number of likely N-dealkylation sites (tertiary alicyclic amines) is 1. The highest BCUT2D eigenvalue weighted by atomic mass is 35.5. The van der Waals surface area contributed by atoms with Crippen LogP contribution in [0.15, 0.2) is 24.3 Å². The van der Waals surface area contributed by atoms with Gasteiger partial charge in [-0.2, -0.15) is 0 Å². The third-order valence-corrected chi connectivity index (χ3v) is 6.17. The summed E-state index contributed by atoms with van der Waals surface area (Å²) in [7, 11) is -3.17. The number of benzene rings is 1. The maximum atomic E-state index is 12.0. The quantitative estimate of drug-likeness (QED) is 0.896. The van der Waals surface area contributed by atoms with E-state index in [0.29, 0.717) is 10.7 Å². The highest BCUT2D eigenvalue weighted by molar-refractivity contribution is 7.91. The molecule has 0 aromatic heterocycles. The first kappa shape index (κ1) is 16.5. The van der Waals surface area contributed by atoms with Gasteiger partial charge >= 0.3 is 6.09 Å². The molecule has 2 saturated heterocycles. The predicted octanol–water partition coefficient (Wildman–Crippen LogP) is 2.15. The summed E-state index contributed by atoms with van der Waals surface area (Å²) in [4.78, 5) is 14.2. The second-order valence-electron chi connectivity index (χ2n) is 5.96. The molecule has 1 amide bonds. The Hall–Kier alpha value is -1.31. The molecule has 0 radical (unpaired) electrons. The van der Waals surface area contributed by atoms with Crippen molar-refractivity contribution < 1.29 is 17.9 Å². The van der Waals surface area contributed by atoms with E-state index in [0.717, 1.165) is 25.9 Å². The maximum Gasteiger partial charge on any atom is 0.411 e. The van der Waals surface area contributed by atoms with Crippen LogP contribution in [0.5, 0.6) is 0 Å². The van der Waals surface area contributed by atoms with Crippen LogP contribution in [0, 0.1) is 0 Å². The minimum atomic E-state index is -3.17. The largest absolute Gasteiger partial charge is 0.443 e. The fraction of sp³-hybridized carbons (Fsp3) is 0.533.